The third-order valence-corrected chi connectivity index (χ3v) is 4.92. The van der Waals surface area contributed by atoms with Gasteiger partial charge in [0.1, 0.15) is 0 Å². The Morgan fingerprint density at radius 1 is 1.19 bits per heavy atom. The minimum atomic E-state index is 0.390. The van der Waals surface area contributed by atoms with Crippen molar-refractivity contribution in [2.24, 2.45) is 4.99 Å². The summed E-state index contributed by atoms with van der Waals surface area (Å²) in [5.74, 6) is 0.866. The first-order valence-electron chi connectivity index (χ1n) is 9.65. The summed E-state index contributed by atoms with van der Waals surface area (Å²) < 4.78 is 5.11. The molecule has 1 aromatic carbocycles. The zero-order valence-corrected chi connectivity index (χ0v) is 16.6. The van der Waals surface area contributed by atoms with E-state index < -0.39 is 0 Å². The molecule has 1 aliphatic heterocycles. The van der Waals surface area contributed by atoms with E-state index in [2.05, 4.69) is 62.8 Å². The summed E-state index contributed by atoms with van der Waals surface area (Å²) in [5.41, 5.74) is 1.37. The number of guanidine groups is 1. The fraction of sp³-hybridized carbons (Fsp3) is 0.650. The van der Waals surface area contributed by atoms with Gasteiger partial charge in [-0.2, -0.15) is 0 Å². The van der Waals surface area contributed by atoms with Crippen LogP contribution in [0.5, 0.6) is 0 Å². The van der Waals surface area contributed by atoms with Gasteiger partial charge in [-0.25, -0.2) is 0 Å². The third-order valence-electron chi connectivity index (χ3n) is 4.92. The molecule has 2 N–H and O–H groups in total. The van der Waals surface area contributed by atoms with Gasteiger partial charge in [-0.1, -0.05) is 30.3 Å². The Morgan fingerprint density at radius 2 is 1.92 bits per heavy atom. The molecule has 6 nitrogen and oxygen atoms in total. The maximum atomic E-state index is 5.11. The molecule has 0 aromatic heterocycles. The Kier molecular flexibility index (Phi) is 9.45. The van der Waals surface area contributed by atoms with Gasteiger partial charge in [-0.3, -0.25) is 9.89 Å². The summed E-state index contributed by atoms with van der Waals surface area (Å²) in [6.07, 6.45) is 2.59. The van der Waals surface area contributed by atoms with Gasteiger partial charge in [0.2, 0.25) is 0 Å². The number of aliphatic imine (C=N–C) groups is 1. The summed E-state index contributed by atoms with van der Waals surface area (Å²) in [6, 6.07) is 11.2. The van der Waals surface area contributed by atoms with Crippen molar-refractivity contribution in [1.82, 2.24) is 20.4 Å². The lowest BCUT2D eigenvalue weighted by Crippen LogP contribution is -2.44. The number of nitrogens with zero attached hydrogens (tertiary/aromatic N) is 3. The molecule has 146 valence electrons. The van der Waals surface area contributed by atoms with Crippen LogP contribution >= 0.6 is 0 Å². The predicted octanol–water partition coefficient (Wildman–Crippen LogP) is 1.57. The number of ether oxygens (including phenoxy) is 1. The van der Waals surface area contributed by atoms with Crippen molar-refractivity contribution in [3.05, 3.63) is 35.9 Å². The van der Waals surface area contributed by atoms with E-state index >= 15 is 0 Å². The monoisotopic (exact) mass is 361 g/mol. The molecule has 1 heterocycles. The van der Waals surface area contributed by atoms with Crippen LogP contribution in [0, 0.1) is 0 Å². The molecule has 0 bridgehead atoms. The number of likely N-dealkylation sites (N-methyl/N-ethyl adjacent to an activating group) is 1. The highest BCUT2D eigenvalue weighted by atomic mass is 16.5. The second-order valence-electron chi connectivity index (χ2n) is 6.85. The normalized spacial score (nSPS) is 16.8. The van der Waals surface area contributed by atoms with Gasteiger partial charge in [0.15, 0.2) is 5.96 Å². The standard InChI is InChI=1S/C20H35N5O/c1-21-20(22-11-14-24(2)15-16-26-3)23-17-19(25-12-7-8-13-25)18-9-5-4-6-10-18/h4-6,9-10,19H,7-8,11-17H2,1-3H3,(H2,21,22,23). The average Bonchev–Trinajstić information content (AvgIpc) is 3.20. The Bertz CT molecular complexity index is 516. The number of rotatable bonds is 10. The summed E-state index contributed by atoms with van der Waals surface area (Å²) in [6.45, 7) is 6.74. The van der Waals surface area contributed by atoms with Crippen LogP contribution in [-0.4, -0.2) is 82.8 Å². The molecule has 1 unspecified atom stereocenters. The van der Waals surface area contributed by atoms with Crippen molar-refractivity contribution in [3.63, 3.8) is 0 Å². The van der Waals surface area contributed by atoms with Crippen LogP contribution in [0.1, 0.15) is 24.4 Å². The molecule has 1 aliphatic rings. The first-order chi connectivity index (χ1) is 12.7. The van der Waals surface area contributed by atoms with Crippen molar-refractivity contribution in [2.75, 3.05) is 67.1 Å². The van der Waals surface area contributed by atoms with E-state index in [1.807, 2.05) is 7.05 Å². The number of methoxy groups -OCH3 is 1. The minimum Gasteiger partial charge on any atom is -0.383 e. The average molecular weight is 362 g/mol. The number of nitrogens with one attached hydrogen (secondary N) is 2. The van der Waals surface area contributed by atoms with Crippen molar-refractivity contribution in [2.45, 2.75) is 18.9 Å². The van der Waals surface area contributed by atoms with Crippen LogP contribution in [0.3, 0.4) is 0 Å². The zero-order valence-electron chi connectivity index (χ0n) is 16.6. The topological polar surface area (TPSA) is 52.1 Å². The van der Waals surface area contributed by atoms with Gasteiger partial charge < -0.3 is 20.3 Å². The van der Waals surface area contributed by atoms with E-state index in [0.717, 1.165) is 38.7 Å². The van der Waals surface area contributed by atoms with Gasteiger partial charge in [0.05, 0.1) is 12.6 Å². The van der Waals surface area contributed by atoms with Gasteiger partial charge in [-0.15, -0.1) is 0 Å². The highest BCUT2D eigenvalue weighted by Gasteiger charge is 2.23. The van der Waals surface area contributed by atoms with E-state index in [0.29, 0.717) is 6.04 Å². The van der Waals surface area contributed by atoms with Gasteiger partial charge in [-0.05, 0) is 38.5 Å². The second kappa shape index (κ2) is 11.9. The molecule has 2 rings (SSSR count). The third kappa shape index (κ3) is 6.94. The van der Waals surface area contributed by atoms with Crippen molar-refractivity contribution in [1.29, 1.82) is 0 Å². The summed E-state index contributed by atoms with van der Waals surface area (Å²) in [4.78, 5) is 9.20. The Hall–Kier alpha value is -1.63. The molecule has 1 atom stereocenters. The first-order valence-corrected chi connectivity index (χ1v) is 9.65. The van der Waals surface area contributed by atoms with Gasteiger partial charge in [0, 0.05) is 40.3 Å². The maximum absolute atomic E-state index is 5.11. The molecule has 1 saturated heterocycles. The molecule has 1 aromatic rings. The van der Waals surface area contributed by atoms with Crippen LogP contribution in [0.2, 0.25) is 0 Å². The smallest absolute Gasteiger partial charge is 0.191 e. The number of benzene rings is 1. The molecule has 6 heteroatoms. The maximum Gasteiger partial charge on any atom is 0.191 e. The van der Waals surface area contributed by atoms with Crippen LogP contribution in [0.4, 0.5) is 0 Å². The molecule has 0 amide bonds. The first kappa shape index (κ1) is 20.7. The highest BCUT2D eigenvalue weighted by Crippen LogP contribution is 2.24. The fourth-order valence-corrected chi connectivity index (χ4v) is 3.32. The lowest BCUT2D eigenvalue weighted by atomic mass is 10.1. The zero-order chi connectivity index (χ0) is 18.6. The van der Waals surface area contributed by atoms with Crippen LogP contribution in [0.15, 0.2) is 35.3 Å². The highest BCUT2D eigenvalue weighted by molar-refractivity contribution is 5.79. The van der Waals surface area contributed by atoms with Gasteiger partial charge >= 0.3 is 0 Å². The predicted molar refractivity (Wildman–Crippen MR) is 109 cm³/mol. The quantitative estimate of drug-likeness (QED) is 0.489. The Labute approximate surface area is 158 Å². The lowest BCUT2D eigenvalue weighted by Gasteiger charge is -2.29. The van der Waals surface area contributed by atoms with E-state index in [1.165, 1.54) is 31.5 Å². The molecule has 0 aliphatic carbocycles. The van der Waals surface area contributed by atoms with E-state index in [-0.39, 0.29) is 0 Å². The summed E-state index contributed by atoms with van der Waals surface area (Å²) in [7, 11) is 5.68. The van der Waals surface area contributed by atoms with E-state index in [4.69, 9.17) is 4.74 Å². The van der Waals surface area contributed by atoms with Gasteiger partial charge in [0.25, 0.3) is 0 Å². The van der Waals surface area contributed by atoms with Crippen molar-refractivity contribution in [3.8, 4) is 0 Å². The van der Waals surface area contributed by atoms with Crippen LogP contribution in [0.25, 0.3) is 0 Å². The molecule has 1 fully saturated rings. The Balaban J connectivity index is 1.82. The molecular formula is C20H35N5O. The molecule has 26 heavy (non-hydrogen) atoms. The number of likely N-dealkylation sites (tertiary alicyclic amines) is 1. The fourth-order valence-electron chi connectivity index (χ4n) is 3.32. The molecule has 0 radical (unpaired) electrons. The van der Waals surface area contributed by atoms with E-state index in [9.17, 15) is 0 Å². The van der Waals surface area contributed by atoms with Crippen molar-refractivity contribution < 1.29 is 4.74 Å². The summed E-state index contributed by atoms with van der Waals surface area (Å²) >= 11 is 0. The largest absolute Gasteiger partial charge is 0.383 e. The van der Waals surface area contributed by atoms with E-state index in [1.54, 1.807) is 7.11 Å². The molecular weight excluding hydrogens is 326 g/mol. The Morgan fingerprint density at radius 3 is 2.58 bits per heavy atom. The van der Waals surface area contributed by atoms with Crippen LogP contribution < -0.4 is 10.6 Å². The van der Waals surface area contributed by atoms with Crippen molar-refractivity contribution >= 4 is 5.96 Å². The molecule has 0 saturated carbocycles. The second-order valence-corrected chi connectivity index (χ2v) is 6.85. The minimum absolute atomic E-state index is 0.390. The molecule has 0 spiro atoms. The number of hydrogen-bond acceptors (Lipinski definition) is 4. The SMILES string of the molecule is CN=C(NCCN(C)CCOC)NCC(c1ccccc1)N1CCCC1. The lowest BCUT2D eigenvalue weighted by molar-refractivity contribution is 0.162. The number of hydrogen-bond donors (Lipinski definition) is 2. The summed E-state index contributed by atoms with van der Waals surface area (Å²) in [5, 5.41) is 6.93. The van der Waals surface area contributed by atoms with Crippen LogP contribution in [-0.2, 0) is 4.74 Å².